The number of nitrogens with zero attached hydrogens (tertiary/aromatic N) is 6. The number of piperidine rings is 1. The van der Waals surface area contributed by atoms with Crippen LogP contribution in [0.3, 0.4) is 0 Å². The van der Waals surface area contributed by atoms with E-state index < -0.39 is 0 Å². The maximum atomic E-state index is 13.4. The molecule has 210 valence electrons. The molecule has 0 aliphatic carbocycles. The van der Waals surface area contributed by atoms with Gasteiger partial charge in [-0.05, 0) is 75.9 Å². The predicted octanol–water partition coefficient (Wildman–Crippen LogP) is 4.54. The van der Waals surface area contributed by atoms with Gasteiger partial charge < -0.3 is 14.9 Å². The summed E-state index contributed by atoms with van der Waals surface area (Å²) in [6.07, 6.45) is 10.8. The first kappa shape index (κ1) is 26.9. The Kier molecular flexibility index (Phi) is 7.82. The molecule has 0 bridgehead atoms. The summed E-state index contributed by atoms with van der Waals surface area (Å²) >= 11 is 1.85. The molecule has 1 spiro atoms. The summed E-state index contributed by atoms with van der Waals surface area (Å²) in [5.74, 6) is 1.47. The summed E-state index contributed by atoms with van der Waals surface area (Å²) in [5, 5.41) is 1.17. The minimum atomic E-state index is -0.0325. The minimum Gasteiger partial charge on any atom is -0.347 e. The van der Waals surface area contributed by atoms with Crippen molar-refractivity contribution in [3.63, 3.8) is 0 Å². The third-order valence-corrected chi connectivity index (χ3v) is 9.54. The summed E-state index contributed by atoms with van der Waals surface area (Å²) < 4.78 is 0. The van der Waals surface area contributed by atoms with Crippen LogP contribution >= 0.6 is 11.3 Å². The highest BCUT2D eigenvalue weighted by molar-refractivity contribution is 7.11. The lowest BCUT2D eigenvalue weighted by molar-refractivity contribution is 0.0721. The molecule has 2 N–H and O–H groups in total. The van der Waals surface area contributed by atoms with E-state index in [9.17, 15) is 4.79 Å². The Labute approximate surface area is 239 Å². The number of amides is 1. The number of hydrogen-bond acceptors (Lipinski definition) is 7. The molecule has 6 rings (SSSR count). The van der Waals surface area contributed by atoms with Gasteiger partial charge in [0.15, 0.2) is 0 Å². The fourth-order valence-corrected chi connectivity index (χ4v) is 7.18. The van der Waals surface area contributed by atoms with Crippen molar-refractivity contribution in [3.8, 4) is 0 Å². The van der Waals surface area contributed by atoms with Gasteiger partial charge in [0.25, 0.3) is 5.91 Å². The first-order valence-corrected chi connectivity index (χ1v) is 15.0. The quantitative estimate of drug-likeness (QED) is 0.313. The Morgan fingerprint density at radius 2 is 1.55 bits per heavy atom. The topological polar surface area (TPSA) is 97.0 Å². The maximum Gasteiger partial charge on any atom is 0.254 e. The van der Waals surface area contributed by atoms with E-state index in [2.05, 4.69) is 60.7 Å². The normalized spacial score (nSPS) is 17.6. The number of carbonyl (C=O) groups is 1. The first-order valence-electron chi connectivity index (χ1n) is 14.2. The molecule has 5 heterocycles. The largest absolute Gasteiger partial charge is 0.347 e. The van der Waals surface area contributed by atoms with Crippen molar-refractivity contribution >= 4 is 17.2 Å². The Balaban J connectivity index is 1.03. The van der Waals surface area contributed by atoms with Crippen molar-refractivity contribution in [2.45, 2.75) is 59.3 Å². The zero-order valence-corrected chi connectivity index (χ0v) is 24.2. The van der Waals surface area contributed by atoms with Crippen LogP contribution in [0.4, 0.5) is 0 Å². The number of likely N-dealkylation sites (tertiary alicyclic amines) is 2. The second-order valence-electron chi connectivity index (χ2n) is 11.4. The highest BCUT2D eigenvalue weighted by atomic mass is 32.1. The number of thiazole rings is 1. The average Bonchev–Trinajstić information content (AvgIpc) is 3.76. The first-order chi connectivity index (χ1) is 19.4. The number of rotatable bonds is 9. The van der Waals surface area contributed by atoms with Gasteiger partial charge in [0.05, 0.1) is 23.8 Å². The van der Waals surface area contributed by atoms with Gasteiger partial charge >= 0.3 is 0 Å². The Morgan fingerprint density at radius 3 is 2.10 bits per heavy atom. The number of hydrogen-bond donors (Lipinski definition) is 2. The molecule has 4 aromatic rings. The van der Waals surface area contributed by atoms with E-state index in [4.69, 9.17) is 0 Å². The van der Waals surface area contributed by atoms with Crippen LogP contribution in [0.1, 0.15) is 62.4 Å². The molecule has 0 radical (unpaired) electrons. The summed E-state index contributed by atoms with van der Waals surface area (Å²) in [5.41, 5.74) is 3.58. The number of carbonyl (C=O) groups excluding carboxylic acids is 1. The van der Waals surface area contributed by atoms with Crippen LogP contribution in [0.15, 0.2) is 49.1 Å². The lowest BCUT2D eigenvalue weighted by Crippen LogP contribution is -2.41. The van der Waals surface area contributed by atoms with Crippen LogP contribution in [0.2, 0.25) is 0 Å². The molecule has 2 saturated heterocycles. The van der Waals surface area contributed by atoms with Gasteiger partial charge in [-0.3, -0.25) is 14.6 Å². The highest BCUT2D eigenvalue weighted by Crippen LogP contribution is 2.41. The van der Waals surface area contributed by atoms with E-state index in [1.54, 1.807) is 29.7 Å². The van der Waals surface area contributed by atoms with E-state index in [1.807, 2.05) is 23.5 Å². The van der Waals surface area contributed by atoms with Gasteiger partial charge in [-0.1, -0.05) is 12.1 Å². The molecule has 2 aliphatic heterocycles. The summed E-state index contributed by atoms with van der Waals surface area (Å²) in [4.78, 5) is 41.3. The fourth-order valence-electron chi connectivity index (χ4n) is 6.20. The number of H-pyrrole nitrogens is 2. The van der Waals surface area contributed by atoms with Crippen LogP contribution in [0.25, 0.3) is 0 Å². The standard InChI is InChI=1S/C30H38N8OS/c1-22-26(40-23(2)35-22)18-36-14-7-30(8-15-36)9-16-37(21-30)17-24-3-5-25(6-4-24)29(39)38(19-27-31-10-11-32-27)20-28-33-12-13-34-28/h3-6,10-13H,7-9,14-21H2,1-2H3,(H,31,32)(H,33,34). The number of imidazole rings is 2. The predicted molar refractivity (Wildman–Crippen MR) is 156 cm³/mol. The Hall–Kier alpha value is -3.34. The molecule has 3 aromatic heterocycles. The molecular formula is C30H38N8OS. The van der Waals surface area contributed by atoms with Gasteiger partial charge in [-0.25, -0.2) is 15.0 Å². The molecule has 10 heteroatoms. The lowest BCUT2D eigenvalue weighted by atomic mass is 9.78. The molecule has 0 unspecified atom stereocenters. The minimum absolute atomic E-state index is 0.0325. The third-order valence-electron chi connectivity index (χ3n) is 8.49. The monoisotopic (exact) mass is 558 g/mol. The summed E-state index contributed by atoms with van der Waals surface area (Å²) in [6, 6.07) is 8.14. The second-order valence-corrected chi connectivity index (χ2v) is 12.7. The van der Waals surface area contributed by atoms with Crippen molar-refractivity contribution in [1.29, 1.82) is 0 Å². The summed E-state index contributed by atoms with van der Waals surface area (Å²) in [7, 11) is 0. The van der Waals surface area contributed by atoms with Crippen molar-refractivity contribution in [1.82, 2.24) is 39.6 Å². The zero-order valence-electron chi connectivity index (χ0n) is 23.4. The number of aryl methyl sites for hydroxylation is 2. The van der Waals surface area contributed by atoms with Crippen molar-refractivity contribution < 1.29 is 4.79 Å². The highest BCUT2D eigenvalue weighted by Gasteiger charge is 2.40. The van der Waals surface area contributed by atoms with Gasteiger partial charge in [0, 0.05) is 54.9 Å². The molecule has 2 fully saturated rings. The molecule has 1 aromatic carbocycles. The van der Waals surface area contributed by atoms with Crippen molar-refractivity contribution in [2.24, 2.45) is 5.41 Å². The van der Waals surface area contributed by atoms with E-state index in [0.29, 0.717) is 24.1 Å². The lowest BCUT2D eigenvalue weighted by Gasteiger charge is -2.39. The zero-order chi connectivity index (χ0) is 27.5. The SMILES string of the molecule is Cc1nc(C)c(CN2CCC3(CC2)CCN(Cc2ccc(C(=O)N(Cc4ncc[nH]4)Cc4ncc[nH]4)cc2)C3)s1. The van der Waals surface area contributed by atoms with Crippen LogP contribution in [-0.2, 0) is 26.2 Å². The number of benzene rings is 1. The molecule has 9 nitrogen and oxygen atoms in total. The molecule has 1 amide bonds. The number of nitrogens with one attached hydrogen (secondary N) is 2. The van der Waals surface area contributed by atoms with Gasteiger partial charge in [0.1, 0.15) is 11.6 Å². The van der Waals surface area contributed by atoms with Crippen molar-refractivity contribution in [3.05, 3.63) is 87.4 Å². The fraction of sp³-hybridized carbons (Fsp3) is 0.467. The van der Waals surface area contributed by atoms with E-state index in [-0.39, 0.29) is 5.91 Å². The van der Waals surface area contributed by atoms with E-state index in [0.717, 1.165) is 31.3 Å². The number of aromatic amines is 2. The van der Waals surface area contributed by atoms with Crippen molar-refractivity contribution in [2.75, 3.05) is 26.2 Å². The van der Waals surface area contributed by atoms with Gasteiger partial charge in [-0.2, -0.15) is 0 Å². The van der Waals surface area contributed by atoms with E-state index in [1.165, 1.54) is 60.0 Å². The van der Waals surface area contributed by atoms with E-state index >= 15 is 0 Å². The molecule has 0 atom stereocenters. The Bertz CT molecular complexity index is 1350. The molecule has 40 heavy (non-hydrogen) atoms. The van der Waals surface area contributed by atoms with Gasteiger partial charge in [0.2, 0.25) is 0 Å². The van der Waals surface area contributed by atoms with Gasteiger partial charge in [-0.15, -0.1) is 11.3 Å². The third kappa shape index (κ3) is 6.19. The number of aromatic nitrogens is 5. The van der Waals surface area contributed by atoms with Crippen LogP contribution in [0, 0.1) is 19.3 Å². The van der Waals surface area contributed by atoms with Crippen LogP contribution in [-0.4, -0.2) is 71.7 Å². The molecule has 0 saturated carbocycles. The second kappa shape index (κ2) is 11.6. The van der Waals surface area contributed by atoms with Crippen LogP contribution in [0.5, 0.6) is 0 Å². The van der Waals surface area contributed by atoms with Crippen LogP contribution < -0.4 is 0 Å². The average molecular weight is 559 g/mol. The molecular weight excluding hydrogens is 520 g/mol. The Morgan fingerprint density at radius 1 is 0.925 bits per heavy atom. The smallest absolute Gasteiger partial charge is 0.254 e. The molecule has 2 aliphatic rings. The maximum absolute atomic E-state index is 13.4. The summed E-state index contributed by atoms with van der Waals surface area (Å²) in [6.45, 7) is 11.7.